The maximum Gasteiger partial charge on any atom is 0.105 e. The van der Waals surface area contributed by atoms with Crippen molar-refractivity contribution < 1.29 is 0 Å². The van der Waals surface area contributed by atoms with E-state index in [1.165, 1.54) is 6.42 Å². The first-order valence-electron chi connectivity index (χ1n) is 5.80. The first kappa shape index (κ1) is 12.2. The first-order valence-corrected chi connectivity index (χ1v) is 5.80. The van der Waals surface area contributed by atoms with Gasteiger partial charge >= 0.3 is 0 Å². The fraction of sp³-hybridized carbons (Fsp3) is 0.750. The van der Waals surface area contributed by atoms with Crippen LogP contribution < -0.4 is 5.32 Å². The molecule has 1 unspecified atom stereocenters. The Kier molecular flexibility index (Phi) is 4.82. The van der Waals surface area contributed by atoms with Crippen LogP contribution in [0.5, 0.6) is 0 Å². The van der Waals surface area contributed by atoms with E-state index >= 15 is 0 Å². The molecular weight excluding hydrogens is 186 g/mol. The van der Waals surface area contributed by atoms with E-state index in [4.69, 9.17) is 0 Å². The van der Waals surface area contributed by atoms with Gasteiger partial charge in [0.25, 0.3) is 0 Å². The zero-order valence-electron chi connectivity index (χ0n) is 10.3. The van der Waals surface area contributed by atoms with Gasteiger partial charge < -0.3 is 9.88 Å². The van der Waals surface area contributed by atoms with Gasteiger partial charge in [-0.15, -0.1) is 0 Å². The fourth-order valence-electron chi connectivity index (χ4n) is 1.86. The van der Waals surface area contributed by atoms with Gasteiger partial charge in [-0.3, -0.25) is 0 Å². The Morgan fingerprint density at radius 2 is 2.13 bits per heavy atom. The summed E-state index contributed by atoms with van der Waals surface area (Å²) in [6.07, 6.45) is 5.12. The molecular formula is C12H23N3. The highest BCUT2D eigenvalue weighted by Crippen LogP contribution is 2.03. The lowest BCUT2D eigenvalue weighted by Gasteiger charge is -2.16. The van der Waals surface area contributed by atoms with Crippen LogP contribution in [0.1, 0.15) is 33.0 Å². The lowest BCUT2D eigenvalue weighted by atomic mass is 10.1. The van der Waals surface area contributed by atoms with Crippen LogP contribution in [0.15, 0.2) is 12.4 Å². The Labute approximate surface area is 92.9 Å². The minimum atomic E-state index is 0.605. The van der Waals surface area contributed by atoms with E-state index in [1.54, 1.807) is 0 Å². The number of rotatable bonds is 6. The SMILES string of the molecule is Cc1nccn1CCNC(C)CC(C)C. The van der Waals surface area contributed by atoms with Crippen LogP contribution in [0.4, 0.5) is 0 Å². The molecule has 0 bridgehead atoms. The Morgan fingerprint density at radius 1 is 1.40 bits per heavy atom. The molecule has 1 heterocycles. The number of hydrogen-bond acceptors (Lipinski definition) is 2. The minimum Gasteiger partial charge on any atom is -0.334 e. The van der Waals surface area contributed by atoms with Crippen LogP contribution in [-0.2, 0) is 6.54 Å². The molecule has 1 rings (SSSR count). The Balaban J connectivity index is 2.19. The maximum absolute atomic E-state index is 4.20. The quantitative estimate of drug-likeness (QED) is 0.778. The van der Waals surface area contributed by atoms with Crippen molar-refractivity contribution in [2.75, 3.05) is 6.54 Å². The van der Waals surface area contributed by atoms with Gasteiger partial charge in [0, 0.05) is 31.5 Å². The molecule has 1 aromatic rings. The molecule has 1 N–H and O–H groups in total. The van der Waals surface area contributed by atoms with Crippen molar-refractivity contribution in [1.29, 1.82) is 0 Å². The summed E-state index contributed by atoms with van der Waals surface area (Å²) in [7, 11) is 0. The summed E-state index contributed by atoms with van der Waals surface area (Å²) in [5.74, 6) is 1.86. The molecule has 0 amide bonds. The van der Waals surface area contributed by atoms with Gasteiger partial charge in [0.2, 0.25) is 0 Å². The summed E-state index contributed by atoms with van der Waals surface area (Å²) in [5.41, 5.74) is 0. The zero-order chi connectivity index (χ0) is 11.3. The van der Waals surface area contributed by atoms with E-state index in [-0.39, 0.29) is 0 Å². The van der Waals surface area contributed by atoms with Crippen LogP contribution in [0.3, 0.4) is 0 Å². The van der Waals surface area contributed by atoms with E-state index in [1.807, 2.05) is 19.3 Å². The second kappa shape index (κ2) is 5.91. The van der Waals surface area contributed by atoms with E-state index in [9.17, 15) is 0 Å². The molecule has 0 fully saturated rings. The fourth-order valence-corrected chi connectivity index (χ4v) is 1.86. The standard InChI is InChI=1S/C12H23N3/c1-10(2)9-11(3)13-5-7-15-8-6-14-12(15)4/h6,8,10-11,13H,5,7,9H2,1-4H3. The van der Waals surface area contributed by atoms with Crippen molar-refractivity contribution in [1.82, 2.24) is 14.9 Å². The average molecular weight is 209 g/mol. The van der Waals surface area contributed by atoms with Crippen LogP contribution in [-0.4, -0.2) is 22.1 Å². The lowest BCUT2D eigenvalue weighted by Crippen LogP contribution is -2.30. The molecule has 15 heavy (non-hydrogen) atoms. The molecule has 0 radical (unpaired) electrons. The van der Waals surface area contributed by atoms with Gasteiger partial charge in [0.15, 0.2) is 0 Å². The summed E-state index contributed by atoms with van der Waals surface area (Å²) in [5, 5.41) is 3.53. The monoisotopic (exact) mass is 209 g/mol. The molecule has 0 aliphatic carbocycles. The van der Waals surface area contributed by atoms with Gasteiger partial charge in [0.1, 0.15) is 5.82 Å². The zero-order valence-corrected chi connectivity index (χ0v) is 10.3. The number of imidazole rings is 1. The normalized spacial score (nSPS) is 13.4. The molecule has 1 aromatic heterocycles. The molecule has 0 aliphatic heterocycles. The van der Waals surface area contributed by atoms with Crippen molar-refractivity contribution in [2.45, 2.75) is 46.7 Å². The number of aryl methyl sites for hydroxylation is 1. The number of hydrogen-bond donors (Lipinski definition) is 1. The largest absolute Gasteiger partial charge is 0.334 e. The molecule has 0 saturated heterocycles. The summed E-state index contributed by atoms with van der Waals surface area (Å²) < 4.78 is 2.18. The van der Waals surface area contributed by atoms with Gasteiger partial charge in [-0.2, -0.15) is 0 Å². The smallest absolute Gasteiger partial charge is 0.105 e. The molecule has 3 nitrogen and oxygen atoms in total. The number of aromatic nitrogens is 2. The average Bonchev–Trinajstić information content (AvgIpc) is 2.50. The number of nitrogens with one attached hydrogen (secondary N) is 1. The van der Waals surface area contributed by atoms with Crippen LogP contribution in [0.25, 0.3) is 0 Å². The third-order valence-corrected chi connectivity index (χ3v) is 2.59. The van der Waals surface area contributed by atoms with Crippen molar-refractivity contribution in [3.63, 3.8) is 0 Å². The third kappa shape index (κ3) is 4.47. The topological polar surface area (TPSA) is 29.9 Å². The Hall–Kier alpha value is -0.830. The second-order valence-electron chi connectivity index (χ2n) is 4.65. The number of nitrogens with zero attached hydrogens (tertiary/aromatic N) is 2. The van der Waals surface area contributed by atoms with E-state index in [0.29, 0.717) is 6.04 Å². The summed E-state index contributed by atoms with van der Waals surface area (Å²) in [6.45, 7) is 10.8. The van der Waals surface area contributed by atoms with Crippen molar-refractivity contribution >= 4 is 0 Å². The minimum absolute atomic E-state index is 0.605. The Morgan fingerprint density at radius 3 is 2.67 bits per heavy atom. The maximum atomic E-state index is 4.20. The van der Waals surface area contributed by atoms with E-state index in [0.717, 1.165) is 24.8 Å². The van der Waals surface area contributed by atoms with Gasteiger partial charge in [-0.05, 0) is 26.2 Å². The highest BCUT2D eigenvalue weighted by Gasteiger charge is 2.03. The molecule has 86 valence electrons. The molecule has 0 spiro atoms. The van der Waals surface area contributed by atoms with Crippen molar-refractivity contribution in [2.24, 2.45) is 5.92 Å². The third-order valence-electron chi connectivity index (χ3n) is 2.59. The summed E-state index contributed by atoms with van der Waals surface area (Å²) in [6, 6.07) is 0.605. The van der Waals surface area contributed by atoms with Gasteiger partial charge in [-0.1, -0.05) is 13.8 Å². The van der Waals surface area contributed by atoms with Crippen LogP contribution >= 0.6 is 0 Å². The molecule has 0 aliphatic rings. The predicted molar refractivity (Wildman–Crippen MR) is 63.9 cm³/mol. The molecule has 0 aromatic carbocycles. The molecule has 3 heteroatoms. The predicted octanol–water partition coefficient (Wildman–Crippen LogP) is 2.22. The Bertz CT molecular complexity index is 278. The van der Waals surface area contributed by atoms with E-state index < -0.39 is 0 Å². The van der Waals surface area contributed by atoms with E-state index in [2.05, 4.69) is 35.6 Å². The van der Waals surface area contributed by atoms with Crippen molar-refractivity contribution in [3.05, 3.63) is 18.2 Å². The molecule has 1 atom stereocenters. The first-order chi connectivity index (χ1) is 7.09. The van der Waals surface area contributed by atoms with Crippen molar-refractivity contribution in [3.8, 4) is 0 Å². The summed E-state index contributed by atoms with van der Waals surface area (Å²) in [4.78, 5) is 4.20. The van der Waals surface area contributed by atoms with Crippen LogP contribution in [0, 0.1) is 12.8 Å². The van der Waals surface area contributed by atoms with Crippen LogP contribution in [0.2, 0.25) is 0 Å². The molecule has 0 saturated carbocycles. The second-order valence-corrected chi connectivity index (χ2v) is 4.65. The lowest BCUT2D eigenvalue weighted by molar-refractivity contribution is 0.431. The van der Waals surface area contributed by atoms with Gasteiger partial charge in [0.05, 0.1) is 0 Å². The highest BCUT2D eigenvalue weighted by atomic mass is 15.1. The summed E-state index contributed by atoms with van der Waals surface area (Å²) >= 11 is 0. The highest BCUT2D eigenvalue weighted by molar-refractivity contribution is 4.88. The van der Waals surface area contributed by atoms with Gasteiger partial charge in [-0.25, -0.2) is 4.98 Å².